The first-order valence-electron chi connectivity index (χ1n) is 14.0. The van der Waals surface area contributed by atoms with E-state index in [-0.39, 0.29) is 12.1 Å². The number of aromatic nitrogens is 8. The van der Waals surface area contributed by atoms with E-state index in [1.807, 2.05) is 24.3 Å². The van der Waals surface area contributed by atoms with E-state index in [4.69, 9.17) is 9.47 Å². The fraction of sp³-hybridized carbons (Fsp3) is 0.500. The number of tetrazole rings is 2. The Labute approximate surface area is 233 Å². The lowest BCUT2D eigenvalue weighted by molar-refractivity contribution is -0.0888. The van der Waals surface area contributed by atoms with Gasteiger partial charge in [-0.1, -0.05) is 24.3 Å². The number of hydrogen-bond acceptors (Lipinski definition) is 10. The molecule has 2 saturated heterocycles. The van der Waals surface area contributed by atoms with Crippen LogP contribution >= 0.6 is 0 Å². The van der Waals surface area contributed by atoms with Gasteiger partial charge in [0.25, 0.3) is 0 Å². The highest BCUT2D eigenvalue weighted by molar-refractivity contribution is 5.32. The number of benzene rings is 2. The monoisotopic (exact) mass is 544 g/mol. The molecule has 2 fully saturated rings. The van der Waals surface area contributed by atoms with Crippen LogP contribution in [0.1, 0.15) is 48.9 Å². The van der Waals surface area contributed by atoms with E-state index >= 15 is 0 Å². The van der Waals surface area contributed by atoms with Crippen LogP contribution in [-0.2, 0) is 0 Å². The van der Waals surface area contributed by atoms with Crippen molar-refractivity contribution in [2.24, 2.45) is 11.8 Å². The summed E-state index contributed by atoms with van der Waals surface area (Å²) in [5.74, 6) is 2.31. The third-order valence-corrected chi connectivity index (χ3v) is 8.26. The third kappa shape index (κ3) is 5.54. The van der Waals surface area contributed by atoms with Crippen LogP contribution in [0.15, 0.2) is 61.2 Å². The molecule has 2 aromatic heterocycles. The number of ether oxygens (including phenoxy) is 2. The van der Waals surface area contributed by atoms with E-state index < -0.39 is 0 Å². The highest BCUT2D eigenvalue weighted by Crippen LogP contribution is 2.37. The van der Waals surface area contributed by atoms with Gasteiger partial charge in [0.1, 0.15) is 23.6 Å². The molecular formula is C28H36N10O2. The van der Waals surface area contributed by atoms with E-state index in [1.165, 1.54) is 12.7 Å². The lowest BCUT2D eigenvalue weighted by Gasteiger charge is -2.46. The summed E-state index contributed by atoms with van der Waals surface area (Å²) in [5.41, 5.74) is 2.27. The molecule has 0 bridgehead atoms. The quantitative estimate of drug-likeness (QED) is 0.312. The molecule has 6 rings (SSSR count). The van der Waals surface area contributed by atoms with Crippen molar-refractivity contribution >= 4 is 0 Å². The second-order valence-electron chi connectivity index (χ2n) is 10.6. The van der Waals surface area contributed by atoms with Gasteiger partial charge >= 0.3 is 0 Å². The van der Waals surface area contributed by atoms with Gasteiger partial charge in [-0.25, -0.2) is 10.0 Å². The van der Waals surface area contributed by atoms with Crippen LogP contribution < -0.4 is 9.47 Å². The predicted octanol–water partition coefficient (Wildman–Crippen LogP) is 2.89. The van der Waals surface area contributed by atoms with Gasteiger partial charge in [0, 0.05) is 38.0 Å². The van der Waals surface area contributed by atoms with Gasteiger partial charge < -0.3 is 9.47 Å². The fourth-order valence-corrected chi connectivity index (χ4v) is 6.45. The van der Waals surface area contributed by atoms with Crippen molar-refractivity contribution in [1.82, 2.24) is 50.4 Å². The zero-order valence-electron chi connectivity index (χ0n) is 23.0. The summed E-state index contributed by atoms with van der Waals surface area (Å²) < 4.78 is 11.1. The molecule has 12 nitrogen and oxygen atoms in total. The highest BCUT2D eigenvalue weighted by Gasteiger charge is 2.37. The summed E-state index contributed by atoms with van der Waals surface area (Å²) in [6, 6.07) is 16.4. The van der Waals surface area contributed by atoms with E-state index in [9.17, 15) is 0 Å². The van der Waals surface area contributed by atoms with Crippen molar-refractivity contribution in [3.63, 3.8) is 0 Å². The Hall–Kier alpha value is -3.90. The number of piperidine rings is 2. The van der Waals surface area contributed by atoms with Gasteiger partial charge in [-0.3, -0.25) is 0 Å². The normalized spacial score (nSPS) is 22.1. The molecule has 210 valence electrons. The van der Waals surface area contributed by atoms with Crippen LogP contribution in [-0.4, -0.2) is 90.8 Å². The molecule has 4 atom stereocenters. The maximum Gasteiger partial charge on any atom is 0.162 e. The molecule has 4 heterocycles. The summed E-state index contributed by atoms with van der Waals surface area (Å²) in [7, 11) is 3.40. The van der Waals surface area contributed by atoms with Crippen molar-refractivity contribution in [3.8, 4) is 11.5 Å². The van der Waals surface area contributed by atoms with E-state index in [2.05, 4.69) is 65.1 Å². The van der Waals surface area contributed by atoms with Crippen LogP contribution in [0.5, 0.6) is 11.5 Å². The molecule has 4 aromatic rings. The molecule has 2 aliphatic heterocycles. The largest absolute Gasteiger partial charge is 0.497 e. The molecule has 0 saturated carbocycles. The molecule has 2 unspecified atom stereocenters. The number of hydrogen-bond donors (Lipinski definition) is 0. The molecular weight excluding hydrogens is 508 g/mol. The first-order chi connectivity index (χ1) is 19.7. The maximum atomic E-state index is 5.53. The number of methoxy groups -OCH3 is 2. The first-order valence-corrected chi connectivity index (χ1v) is 14.0. The Balaban J connectivity index is 1.24. The van der Waals surface area contributed by atoms with Crippen molar-refractivity contribution in [3.05, 3.63) is 72.3 Å². The summed E-state index contributed by atoms with van der Waals surface area (Å²) in [6.45, 7) is 3.90. The lowest BCUT2D eigenvalue weighted by Crippen LogP contribution is -2.53. The highest BCUT2D eigenvalue weighted by atomic mass is 16.5. The van der Waals surface area contributed by atoms with Gasteiger partial charge in [0.05, 0.1) is 14.2 Å². The van der Waals surface area contributed by atoms with Crippen LogP contribution in [0.4, 0.5) is 0 Å². The topological polar surface area (TPSA) is 112 Å². The first kappa shape index (κ1) is 26.3. The second kappa shape index (κ2) is 12.1. The zero-order chi connectivity index (χ0) is 27.3. The number of rotatable bonds is 9. The smallest absolute Gasteiger partial charge is 0.162 e. The Morgan fingerprint density at radius 1 is 0.700 bits per heavy atom. The van der Waals surface area contributed by atoms with Gasteiger partial charge in [-0.05, 0) is 71.5 Å². The minimum Gasteiger partial charge on any atom is -0.497 e. The standard InChI is InChI=1S/C28H36N10O2/c1-39-25-11-3-7-21(15-25)27(37-31-19-29-33-37)23-9-5-13-35(17-23)36-14-6-10-24(18-36)28(38-32-20-30-34-38)22-8-4-12-26(16-22)40-2/h3-4,7-8,11-12,15-16,19-20,23-24,27-28H,5-6,9-10,13-14,17-18H2,1-2H3/t23-,24-,27?,28?/m0/s1. The van der Waals surface area contributed by atoms with Gasteiger partial charge in [0.2, 0.25) is 0 Å². The van der Waals surface area contributed by atoms with E-state index in [0.717, 1.165) is 74.5 Å². The van der Waals surface area contributed by atoms with Crippen LogP contribution in [0.2, 0.25) is 0 Å². The van der Waals surface area contributed by atoms with Crippen molar-refractivity contribution in [2.45, 2.75) is 37.8 Å². The Kier molecular flexibility index (Phi) is 7.96. The van der Waals surface area contributed by atoms with Gasteiger partial charge in [0.15, 0.2) is 12.7 Å². The van der Waals surface area contributed by atoms with Crippen LogP contribution in [0, 0.1) is 11.8 Å². The fourth-order valence-electron chi connectivity index (χ4n) is 6.45. The average molecular weight is 545 g/mol. The summed E-state index contributed by atoms with van der Waals surface area (Å²) in [5, 5.41) is 30.7. The number of hydrazine groups is 1. The van der Waals surface area contributed by atoms with E-state index in [0.29, 0.717) is 11.8 Å². The van der Waals surface area contributed by atoms with Crippen molar-refractivity contribution in [2.75, 3.05) is 40.4 Å². The summed E-state index contributed by atoms with van der Waals surface area (Å²) in [4.78, 5) is 3.52. The Morgan fingerprint density at radius 2 is 1.18 bits per heavy atom. The molecule has 12 heteroatoms. The molecule has 0 amide bonds. The van der Waals surface area contributed by atoms with Crippen molar-refractivity contribution < 1.29 is 9.47 Å². The SMILES string of the molecule is COc1cccc(C([C@H]2CCCN(N3CCC[C@H](C(c4cccc(OC)c4)n4ncnn4)C3)C2)n2ncnn2)c1. The summed E-state index contributed by atoms with van der Waals surface area (Å²) >= 11 is 0. The Bertz CT molecular complexity index is 1250. The Morgan fingerprint density at radius 3 is 1.57 bits per heavy atom. The van der Waals surface area contributed by atoms with Crippen molar-refractivity contribution in [1.29, 1.82) is 0 Å². The van der Waals surface area contributed by atoms with Gasteiger partial charge in [-0.2, -0.15) is 9.59 Å². The zero-order valence-corrected chi connectivity index (χ0v) is 23.0. The maximum absolute atomic E-state index is 5.53. The molecule has 2 aromatic carbocycles. The third-order valence-electron chi connectivity index (χ3n) is 8.26. The minimum absolute atomic E-state index is 0.0233. The minimum atomic E-state index is -0.0233. The molecule has 2 aliphatic rings. The molecule has 0 spiro atoms. The average Bonchev–Trinajstić information content (AvgIpc) is 3.74. The number of nitrogens with zero attached hydrogens (tertiary/aromatic N) is 10. The lowest BCUT2D eigenvalue weighted by atomic mass is 9.85. The molecule has 40 heavy (non-hydrogen) atoms. The molecule has 0 aliphatic carbocycles. The molecule has 0 radical (unpaired) electrons. The van der Waals surface area contributed by atoms with Crippen LogP contribution in [0.25, 0.3) is 0 Å². The second-order valence-corrected chi connectivity index (χ2v) is 10.6. The van der Waals surface area contributed by atoms with Crippen LogP contribution in [0.3, 0.4) is 0 Å². The predicted molar refractivity (Wildman–Crippen MR) is 146 cm³/mol. The van der Waals surface area contributed by atoms with Gasteiger partial charge in [-0.15, -0.1) is 20.4 Å². The molecule has 0 N–H and O–H groups in total. The summed E-state index contributed by atoms with van der Waals surface area (Å²) in [6.07, 6.45) is 7.41. The van der Waals surface area contributed by atoms with E-state index in [1.54, 1.807) is 23.8 Å².